The summed E-state index contributed by atoms with van der Waals surface area (Å²) < 4.78 is 0. The van der Waals surface area contributed by atoms with E-state index in [1.807, 2.05) is 48.5 Å². The van der Waals surface area contributed by atoms with Gasteiger partial charge in [-0.15, -0.1) is 0 Å². The molecule has 7 heteroatoms. The van der Waals surface area contributed by atoms with E-state index in [9.17, 15) is 4.79 Å². The van der Waals surface area contributed by atoms with E-state index in [-0.39, 0.29) is 5.78 Å². The van der Waals surface area contributed by atoms with Crippen LogP contribution < -0.4 is 11.1 Å². The second kappa shape index (κ2) is 7.58. The molecule has 4 rings (SSSR count). The fraction of sp³-hybridized carbons (Fsp3) is 0.0476. The van der Waals surface area contributed by atoms with Crippen LogP contribution in [0.4, 0.5) is 16.8 Å². The van der Waals surface area contributed by atoms with E-state index in [4.69, 9.17) is 5.73 Å². The smallest absolute Gasteiger partial charge is 0.227 e. The lowest BCUT2D eigenvalue weighted by Crippen LogP contribution is -1.99. The number of Topliss-reactive ketones (excluding diaryl/α,β-unsaturated/α-hetero) is 1. The van der Waals surface area contributed by atoms with Gasteiger partial charge in [0.15, 0.2) is 10.9 Å². The Labute approximate surface area is 166 Å². The van der Waals surface area contributed by atoms with Crippen LogP contribution in [0.3, 0.4) is 0 Å². The first-order chi connectivity index (χ1) is 13.6. The molecule has 3 N–H and O–H groups in total. The molecule has 0 amide bonds. The minimum Gasteiger partial charge on any atom is -0.375 e. The summed E-state index contributed by atoms with van der Waals surface area (Å²) in [6.07, 6.45) is 1.68. The van der Waals surface area contributed by atoms with Crippen LogP contribution in [0.1, 0.15) is 17.3 Å². The summed E-state index contributed by atoms with van der Waals surface area (Å²) >= 11 is 1.39. The van der Waals surface area contributed by atoms with Crippen LogP contribution in [0.25, 0.3) is 21.8 Å². The van der Waals surface area contributed by atoms with Gasteiger partial charge in [-0.1, -0.05) is 53.8 Å². The van der Waals surface area contributed by atoms with Gasteiger partial charge in [-0.2, -0.15) is 0 Å². The zero-order valence-corrected chi connectivity index (χ0v) is 15.9. The Balaban J connectivity index is 1.69. The first-order valence-electron chi connectivity index (χ1n) is 8.63. The molecule has 28 heavy (non-hydrogen) atoms. The second-order valence-corrected chi connectivity index (χ2v) is 7.15. The van der Waals surface area contributed by atoms with Crippen molar-refractivity contribution < 1.29 is 4.79 Å². The molecule has 6 nitrogen and oxygen atoms in total. The number of hydrogen-bond donors (Lipinski definition) is 2. The van der Waals surface area contributed by atoms with E-state index in [2.05, 4.69) is 20.3 Å². The molecule has 0 aliphatic rings. The van der Waals surface area contributed by atoms with Crippen molar-refractivity contribution in [1.82, 2.24) is 15.0 Å². The number of nitrogens with two attached hydrogens (primary N) is 1. The zero-order valence-electron chi connectivity index (χ0n) is 15.1. The molecule has 0 saturated carbocycles. The Bertz CT molecular complexity index is 1140. The lowest BCUT2D eigenvalue weighted by atomic mass is 10.1. The van der Waals surface area contributed by atoms with Gasteiger partial charge in [-0.3, -0.25) is 4.79 Å². The molecule has 0 radical (unpaired) electrons. The maximum Gasteiger partial charge on any atom is 0.227 e. The molecule has 0 spiro atoms. The third-order valence-electron chi connectivity index (χ3n) is 4.10. The maximum atomic E-state index is 11.6. The van der Waals surface area contributed by atoms with Gasteiger partial charge in [0.25, 0.3) is 0 Å². The molecule has 0 bridgehead atoms. The first-order valence-corrected chi connectivity index (χ1v) is 9.45. The number of aromatic nitrogens is 3. The molecular formula is C21H17N5OS. The van der Waals surface area contributed by atoms with E-state index >= 15 is 0 Å². The highest BCUT2D eigenvalue weighted by Gasteiger charge is 2.15. The Morgan fingerprint density at radius 2 is 1.86 bits per heavy atom. The number of nitrogen functional groups attached to an aromatic ring is 1. The minimum atomic E-state index is 0.00552. The van der Waals surface area contributed by atoms with E-state index in [1.165, 1.54) is 18.3 Å². The fourth-order valence-electron chi connectivity index (χ4n) is 2.79. The minimum absolute atomic E-state index is 0.00552. The number of thiazole rings is 1. The summed E-state index contributed by atoms with van der Waals surface area (Å²) in [5.74, 6) is 0.440. The molecule has 0 saturated heterocycles. The van der Waals surface area contributed by atoms with Crippen molar-refractivity contribution >= 4 is 33.9 Å². The highest BCUT2D eigenvalue weighted by atomic mass is 32.1. The van der Waals surface area contributed by atoms with Crippen LogP contribution in [-0.2, 0) is 0 Å². The van der Waals surface area contributed by atoms with Crippen molar-refractivity contribution in [2.24, 2.45) is 0 Å². The molecule has 2 heterocycles. The van der Waals surface area contributed by atoms with Crippen LogP contribution in [-0.4, -0.2) is 20.7 Å². The van der Waals surface area contributed by atoms with Crippen LogP contribution in [0.5, 0.6) is 0 Å². The van der Waals surface area contributed by atoms with Crippen molar-refractivity contribution in [2.45, 2.75) is 6.92 Å². The molecular weight excluding hydrogens is 370 g/mol. The van der Waals surface area contributed by atoms with Gasteiger partial charge in [-0.05, 0) is 25.1 Å². The number of rotatable bonds is 5. The number of anilines is 3. The second-order valence-electron chi connectivity index (χ2n) is 6.12. The summed E-state index contributed by atoms with van der Waals surface area (Å²) in [5, 5.41) is 3.64. The number of nitrogens with one attached hydrogen (secondary N) is 1. The van der Waals surface area contributed by atoms with E-state index in [0.717, 1.165) is 27.5 Å². The molecule has 138 valence electrons. The molecule has 0 aliphatic carbocycles. The van der Waals surface area contributed by atoms with E-state index < -0.39 is 0 Å². The molecule has 0 atom stereocenters. The lowest BCUT2D eigenvalue weighted by molar-refractivity contribution is 0.101. The third kappa shape index (κ3) is 3.74. The number of nitrogens with zero attached hydrogens (tertiary/aromatic N) is 3. The first kappa shape index (κ1) is 17.8. The average Bonchev–Trinajstić information content (AvgIpc) is 3.11. The SMILES string of the molecule is CC(=O)c1cccc(Nc2nccc(-c3sc(N)nc3-c3ccccc3)n2)c1. The Morgan fingerprint density at radius 1 is 1.04 bits per heavy atom. The summed E-state index contributed by atoms with van der Waals surface area (Å²) in [7, 11) is 0. The summed E-state index contributed by atoms with van der Waals surface area (Å²) in [6, 6.07) is 18.9. The number of carbonyl (C=O) groups is 1. The quantitative estimate of drug-likeness (QED) is 0.478. The van der Waals surface area contributed by atoms with Gasteiger partial charge < -0.3 is 11.1 Å². The van der Waals surface area contributed by atoms with Crippen molar-refractivity contribution in [2.75, 3.05) is 11.1 Å². The molecule has 4 aromatic rings. The average molecular weight is 387 g/mol. The van der Waals surface area contributed by atoms with Gasteiger partial charge >= 0.3 is 0 Å². The molecule has 0 fully saturated rings. The van der Waals surface area contributed by atoms with Crippen LogP contribution >= 0.6 is 11.3 Å². The zero-order chi connectivity index (χ0) is 19.5. The Kier molecular flexibility index (Phi) is 4.82. The van der Waals surface area contributed by atoms with Gasteiger partial charge in [0.2, 0.25) is 5.95 Å². The van der Waals surface area contributed by atoms with Gasteiger partial charge in [-0.25, -0.2) is 15.0 Å². The summed E-state index contributed by atoms with van der Waals surface area (Å²) in [5.41, 5.74) is 9.86. The topological polar surface area (TPSA) is 93.8 Å². The third-order valence-corrected chi connectivity index (χ3v) is 5.01. The van der Waals surface area contributed by atoms with Crippen molar-refractivity contribution in [3.8, 4) is 21.8 Å². The van der Waals surface area contributed by atoms with Crippen LogP contribution in [0.2, 0.25) is 0 Å². The largest absolute Gasteiger partial charge is 0.375 e. The van der Waals surface area contributed by atoms with Crippen molar-refractivity contribution in [1.29, 1.82) is 0 Å². The Hall–Kier alpha value is -3.58. The van der Waals surface area contributed by atoms with E-state index in [1.54, 1.807) is 18.3 Å². The predicted octanol–water partition coefficient (Wildman–Crippen LogP) is 4.80. The summed E-state index contributed by atoms with van der Waals surface area (Å²) in [6.45, 7) is 1.54. The number of benzene rings is 2. The summed E-state index contributed by atoms with van der Waals surface area (Å²) in [4.78, 5) is 25.9. The predicted molar refractivity (Wildman–Crippen MR) is 113 cm³/mol. The fourth-order valence-corrected chi connectivity index (χ4v) is 3.62. The highest BCUT2D eigenvalue weighted by molar-refractivity contribution is 7.19. The maximum absolute atomic E-state index is 11.6. The molecule has 2 aromatic carbocycles. The number of ketones is 1. The van der Waals surface area contributed by atoms with Crippen LogP contribution in [0, 0.1) is 0 Å². The van der Waals surface area contributed by atoms with Gasteiger partial charge in [0.1, 0.15) is 0 Å². The molecule has 0 unspecified atom stereocenters. The number of carbonyl (C=O) groups excluding carboxylic acids is 1. The lowest BCUT2D eigenvalue weighted by Gasteiger charge is -2.08. The van der Waals surface area contributed by atoms with Gasteiger partial charge in [0, 0.05) is 23.0 Å². The van der Waals surface area contributed by atoms with Crippen LogP contribution in [0.15, 0.2) is 66.9 Å². The molecule has 2 aromatic heterocycles. The standard InChI is InChI=1S/C21H17N5OS/c1-13(27)15-8-5-9-16(12-15)24-21-23-11-10-17(25-21)19-18(26-20(22)28-19)14-6-3-2-4-7-14/h2-12H,1H3,(H2,22,26)(H,23,24,25). The van der Waals surface area contributed by atoms with Crippen molar-refractivity contribution in [3.63, 3.8) is 0 Å². The number of hydrogen-bond acceptors (Lipinski definition) is 7. The van der Waals surface area contributed by atoms with E-state index in [0.29, 0.717) is 16.6 Å². The highest BCUT2D eigenvalue weighted by Crippen LogP contribution is 2.37. The Morgan fingerprint density at radius 3 is 2.64 bits per heavy atom. The van der Waals surface area contributed by atoms with Crippen molar-refractivity contribution in [3.05, 3.63) is 72.4 Å². The van der Waals surface area contributed by atoms with Gasteiger partial charge in [0.05, 0.1) is 16.3 Å². The monoisotopic (exact) mass is 387 g/mol. The normalized spacial score (nSPS) is 10.6. The molecule has 0 aliphatic heterocycles.